The van der Waals surface area contributed by atoms with E-state index >= 15 is 0 Å². The molecule has 6 heteroatoms. The van der Waals surface area contributed by atoms with Gasteiger partial charge in [-0.3, -0.25) is 10.1 Å². The molecular weight excluding hydrogens is 258 g/mol. The van der Waals surface area contributed by atoms with Gasteiger partial charge in [-0.25, -0.2) is 4.79 Å². The average molecular weight is 279 g/mol. The molecule has 0 aromatic heterocycles. The minimum Gasteiger partial charge on any atom is -0.453 e. The summed E-state index contributed by atoms with van der Waals surface area (Å²) in [6, 6.07) is 6.85. The van der Waals surface area contributed by atoms with Crippen LogP contribution in [0.15, 0.2) is 24.3 Å². The molecule has 1 rings (SSSR count). The Balaban J connectivity index is 2.57. The molecule has 2 amide bonds. The Hall–Kier alpha value is -2.08. The molecule has 0 aliphatic heterocycles. The lowest BCUT2D eigenvalue weighted by atomic mass is 10.1. The maximum atomic E-state index is 11.8. The molecule has 1 aromatic carbocycles. The maximum absolute atomic E-state index is 11.8. The number of ether oxygens (including phenoxy) is 1. The molecule has 0 saturated heterocycles. The number of hydrogen-bond acceptors (Lipinski definition) is 4. The standard InChI is InChI=1S/C14H21N3O3/c1-14(2,3)15-9-12(18)16-10-6-5-7-11(8-10)17-13(19)20-4/h5-8,15H,9H2,1-4H3,(H,16,18)(H,17,19). The van der Waals surface area contributed by atoms with Crippen LogP contribution in [0.5, 0.6) is 0 Å². The monoisotopic (exact) mass is 279 g/mol. The van der Waals surface area contributed by atoms with E-state index in [1.807, 2.05) is 20.8 Å². The highest BCUT2D eigenvalue weighted by molar-refractivity contribution is 5.93. The fourth-order valence-electron chi connectivity index (χ4n) is 1.39. The van der Waals surface area contributed by atoms with E-state index in [1.54, 1.807) is 24.3 Å². The first-order valence-electron chi connectivity index (χ1n) is 6.30. The van der Waals surface area contributed by atoms with Crippen LogP contribution in [0.2, 0.25) is 0 Å². The Bertz CT molecular complexity index is 481. The van der Waals surface area contributed by atoms with E-state index in [0.717, 1.165) is 0 Å². The number of carbonyl (C=O) groups excluding carboxylic acids is 2. The van der Waals surface area contributed by atoms with Gasteiger partial charge in [-0.05, 0) is 39.0 Å². The van der Waals surface area contributed by atoms with Crippen LogP contribution in [0.1, 0.15) is 20.8 Å². The Labute approximate surface area is 118 Å². The predicted molar refractivity (Wildman–Crippen MR) is 78.9 cm³/mol. The van der Waals surface area contributed by atoms with Gasteiger partial charge in [0.05, 0.1) is 13.7 Å². The molecule has 0 bridgehead atoms. The van der Waals surface area contributed by atoms with Crippen molar-refractivity contribution in [1.82, 2.24) is 5.32 Å². The van der Waals surface area contributed by atoms with Crippen molar-refractivity contribution in [3.05, 3.63) is 24.3 Å². The second-order valence-electron chi connectivity index (χ2n) is 5.35. The normalized spacial score (nSPS) is 10.8. The van der Waals surface area contributed by atoms with Gasteiger partial charge < -0.3 is 15.4 Å². The van der Waals surface area contributed by atoms with Crippen molar-refractivity contribution < 1.29 is 14.3 Å². The van der Waals surface area contributed by atoms with Crippen molar-refractivity contribution in [3.63, 3.8) is 0 Å². The summed E-state index contributed by atoms with van der Waals surface area (Å²) in [5.41, 5.74) is 1.05. The van der Waals surface area contributed by atoms with Gasteiger partial charge in [0.2, 0.25) is 5.91 Å². The molecule has 0 atom stereocenters. The Morgan fingerprint density at radius 2 is 1.75 bits per heavy atom. The molecule has 3 N–H and O–H groups in total. The fraction of sp³-hybridized carbons (Fsp3) is 0.429. The lowest BCUT2D eigenvalue weighted by Crippen LogP contribution is -2.41. The smallest absolute Gasteiger partial charge is 0.411 e. The zero-order valence-corrected chi connectivity index (χ0v) is 12.2. The molecular formula is C14H21N3O3. The van der Waals surface area contributed by atoms with E-state index in [1.165, 1.54) is 7.11 Å². The van der Waals surface area contributed by atoms with Crippen molar-refractivity contribution in [3.8, 4) is 0 Å². The zero-order valence-electron chi connectivity index (χ0n) is 12.2. The molecule has 20 heavy (non-hydrogen) atoms. The number of anilines is 2. The molecule has 0 radical (unpaired) electrons. The number of rotatable bonds is 4. The quantitative estimate of drug-likeness (QED) is 0.789. The number of benzene rings is 1. The van der Waals surface area contributed by atoms with Crippen LogP contribution in [0.25, 0.3) is 0 Å². The van der Waals surface area contributed by atoms with Gasteiger partial charge in [0, 0.05) is 16.9 Å². The molecule has 1 aromatic rings. The Morgan fingerprint density at radius 3 is 2.30 bits per heavy atom. The van der Waals surface area contributed by atoms with Gasteiger partial charge in [-0.2, -0.15) is 0 Å². The van der Waals surface area contributed by atoms with Crippen LogP contribution in [-0.4, -0.2) is 31.2 Å². The van der Waals surface area contributed by atoms with Crippen molar-refractivity contribution in [2.24, 2.45) is 0 Å². The van der Waals surface area contributed by atoms with Crippen molar-refractivity contribution in [1.29, 1.82) is 0 Å². The van der Waals surface area contributed by atoms with E-state index in [9.17, 15) is 9.59 Å². The van der Waals surface area contributed by atoms with Crippen molar-refractivity contribution in [2.75, 3.05) is 24.3 Å². The number of methoxy groups -OCH3 is 1. The molecule has 0 heterocycles. The van der Waals surface area contributed by atoms with Gasteiger partial charge in [-0.15, -0.1) is 0 Å². The first-order chi connectivity index (χ1) is 9.30. The van der Waals surface area contributed by atoms with E-state index in [0.29, 0.717) is 11.4 Å². The number of carbonyl (C=O) groups is 2. The molecule has 110 valence electrons. The summed E-state index contributed by atoms with van der Waals surface area (Å²) in [7, 11) is 1.29. The van der Waals surface area contributed by atoms with E-state index in [4.69, 9.17) is 0 Å². The Kier molecular flexibility index (Phi) is 5.52. The van der Waals surface area contributed by atoms with Crippen LogP contribution in [0, 0.1) is 0 Å². The van der Waals surface area contributed by atoms with Gasteiger partial charge in [0.25, 0.3) is 0 Å². The number of nitrogens with one attached hydrogen (secondary N) is 3. The summed E-state index contributed by atoms with van der Waals surface area (Å²) in [4.78, 5) is 22.9. The summed E-state index contributed by atoms with van der Waals surface area (Å²) in [5, 5.41) is 8.38. The molecule has 6 nitrogen and oxygen atoms in total. The van der Waals surface area contributed by atoms with E-state index in [-0.39, 0.29) is 18.0 Å². The molecule has 0 spiro atoms. The molecule has 0 aliphatic rings. The summed E-state index contributed by atoms with van der Waals surface area (Å²) in [6.45, 7) is 6.18. The maximum Gasteiger partial charge on any atom is 0.411 e. The minimum absolute atomic E-state index is 0.119. The second-order valence-corrected chi connectivity index (χ2v) is 5.35. The zero-order chi connectivity index (χ0) is 15.2. The Morgan fingerprint density at radius 1 is 1.15 bits per heavy atom. The average Bonchev–Trinajstić information content (AvgIpc) is 2.36. The summed E-state index contributed by atoms with van der Waals surface area (Å²) in [6.07, 6.45) is -0.553. The lowest BCUT2D eigenvalue weighted by molar-refractivity contribution is -0.115. The molecule has 0 aliphatic carbocycles. The third-order valence-electron chi connectivity index (χ3n) is 2.36. The van der Waals surface area contributed by atoms with Crippen molar-refractivity contribution >= 4 is 23.4 Å². The van der Waals surface area contributed by atoms with Crippen molar-refractivity contribution in [2.45, 2.75) is 26.3 Å². The highest BCUT2D eigenvalue weighted by atomic mass is 16.5. The van der Waals surface area contributed by atoms with Crippen LogP contribution in [0.4, 0.5) is 16.2 Å². The predicted octanol–water partition coefficient (Wildman–Crippen LogP) is 2.19. The van der Waals surface area contributed by atoms with Crippen LogP contribution in [0.3, 0.4) is 0 Å². The lowest BCUT2D eigenvalue weighted by Gasteiger charge is -2.20. The first-order valence-corrected chi connectivity index (χ1v) is 6.30. The SMILES string of the molecule is COC(=O)Nc1cccc(NC(=O)CNC(C)(C)C)c1. The highest BCUT2D eigenvalue weighted by Gasteiger charge is 2.11. The third-order valence-corrected chi connectivity index (χ3v) is 2.36. The number of amides is 2. The van der Waals surface area contributed by atoms with Crippen LogP contribution < -0.4 is 16.0 Å². The van der Waals surface area contributed by atoms with E-state index in [2.05, 4.69) is 20.7 Å². The molecule has 0 fully saturated rings. The second kappa shape index (κ2) is 6.91. The topological polar surface area (TPSA) is 79.5 Å². The molecule has 0 saturated carbocycles. The first kappa shape index (κ1) is 16.0. The summed E-state index contributed by atoms with van der Waals surface area (Å²) >= 11 is 0. The van der Waals surface area contributed by atoms with Gasteiger partial charge in [0.15, 0.2) is 0 Å². The highest BCUT2D eigenvalue weighted by Crippen LogP contribution is 2.15. The van der Waals surface area contributed by atoms with Gasteiger partial charge in [0.1, 0.15) is 0 Å². The fourth-order valence-corrected chi connectivity index (χ4v) is 1.39. The largest absolute Gasteiger partial charge is 0.453 e. The van der Waals surface area contributed by atoms with Gasteiger partial charge in [-0.1, -0.05) is 6.07 Å². The van der Waals surface area contributed by atoms with E-state index < -0.39 is 6.09 Å². The third kappa shape index (κ3) is 6.19. The van der Waals surface area contributed by atoms with Crippen LogP contribution >= 0.6 is 0 Å². The summed E-state index contributed by atoms with van der Waals surface area (Å²) < 4.78 is 4.50. The minimum atomic E-state index is -0.553. The summed E-state index contributed by atoms with van der Waals surface area (Å²) in [5.74, 6) is -0.143. The molecule has 0 unspecified atom stereocenters. The van der Waals surface area contributed by atoms with Gasteiger partial charge >= 0.3 is 6.09 Å². The number of hydrogen-bond donors (Lipinski definition) is 3. The van der Waals surface area contributed by atoms with Crippen LogP contribution in [-0.2, 0) is 9.53 Å².